The molecule has 0 bridgehead atoms. The molecule has 0 aliphatic rings. The van der Waals surface area contributed by atoms with Crippen LogP contribution in [0.3, 0.4) is 0 Å². The maximum absolute atomic E-state index is 10.8. The number of hydrogen-bond acceptors (Lipinski definition) is 3. The molecule has 2 rings (SSSR count). The lowest BCUT2D eigenvalue weighted by Gasteiger charge is -1.97. The second-order valence-corrected chi connectivity index (χ2v) is 3.27. The molecule has 0 atom stereocenters. The first-order chi connectivity index (χ1) is 7.18. The van der Waals surface area contributed by atoms with Crippen molar-refractivity contribution >= 4 is 17.6 Å². The van der Waals surface area contributed by atoms with E-state index in [1.165, 1.54) is 0 Å². The van der Waals surface area contributed by atoms with Gasteiger partial charge in [-0.25, -0.2) is 4.79 Å². The number of carboxylic acids is 1. The van der Waals surface area contributed by atoms with Crippen LogP contribution in [0.5, 0.6) is 0 Å². The van der Waals surface area contributed by atoms with Gasteiger partial charge in [-0.3, -0.25) is 0 Å². The monoisotopic (exact) mass is 223 g/mol. The Morgan fingerprint density at radius 1 is 1.40 bits per heavy atom. The standard InChI is InChI=1S/C9H6ClN3O2/c10-6-3-1-2-5(4-6)7-8(9(14)15)12-13-11-7/h1-4H,(H,14,15)(H,11,12,13). The summed E-state index contributed by atoms with van der Waals surface area (Å²) in [6.45, 7) is 0. The molecule has 0 fully saturated rings. The average Bonchev–Trinajstić information content (AvgIpc) is 2.65. The summed E-state index contributed by atoms with van der Waals surface area (Å²) in [5, 5.41) is 18.9. The summed E-state index contributed by atoms with van der Waals surface area (Å²) in [4.78, 5) is 10.8. The number of aromatic carboxylic acids is 1. The van der Waals surface area contributed by atoms with Gasteiger partial charge in [-0.05, 0) is 12.1 Å². The highest BCUT2D eigenvalue weighted by atomic mass is 35.5. The predicted molar refractivity (Wildman–Crippen MR) is 53.8 cm³/mol. The molecule has 1 aromatic carbocycles. The van der Waals surface area contributed by atoms with Crippen LogP contribution in [0.1, 0.15) is 10.5 Å². The van der Waals surface area contributed by atoms with Gasteiger partial charge < -0.3 is 5.11 Å². The summed E-state index contributed by atoms with van der Waals surface area (Å²) < 4.78 is 0. The van der Waals surface area contributed by atoms with Gasteiger partial charge in [0.15, 0.2) is 5.69 Å². The lowest BCUT2D eigenvalue weighted by Crippen LogP contribution is -1.99. The van der Waals surface area contributed by atoms with Crippen LogP contribution in [0, 0.1) is 0 Å². The van der Waals surface area contributed by atoms with E-state index in [2.05, 4.69) is 15.4 Å². The molecule has 2 aromatic rings. The second-order valence-electron chi connectivity index (χ2n) is 2.84. The fourth-order valence-corrected chi connectivity index (χ4v) is 1.41. The topological polar surface area (TPSA) is 78.9 Å². The first-order valence-corrected chi connectivity index (χ1v) is 4.46. The van der Waals surface area contributed by atoms with Crippen LogP contribution in [-0.4, -0.2) is 26.5 Å². The zero-order valence-corrected chi connectivity index (χ0v) is 8.19. The first-order valence-electron chi connectivity index (χ1n) is 4.08. The Morgan fingerprint density at radius 2 is 2.20 bits per heavy atom. The number of halogens is 1. The number of rotatable bonds is 2. The van der Waals surface area contributed by atoms with E-state index in [0.717, 1.165) is 0 Å². The van der Waals surface area contributed by atoms with E-state index in [-0.39, 0.29) is 11.4 Å². The Balaban J connectivity index is 2.54. The largest absolute Gasteiger partial charge is 0.476 e. The van der Waals surface area contributed by atoms with E-state index in [0.29, 0.717) is 10.6 Å². The molecule has 15 heavy (non-hydrogen) atoms. The fraction of sp³-hybridized carbons (Fsp3) is 0. The van der Waals surface area contributed by atoms with Gasteiger partial charge in [0.25, 0.3) is 0 Å². The van der Waals surface area contributed by atoms with Gasteiger partial charge in [-0.15, -0.1) is 5.10 Å². The summed E-state index contributed by atoms with van der Waals surface area (Å²) in [6, 6.07) is 6.77. The Morgan fingerprint density at radius 3 is 2.87 bits per heavy atom. The van der Waals surface area contributed by atoms with Crippen molar-refractivity contribution in [2.45, 2.75) is 0 Å². The molecule has 0 aliphatic carbocycles. The Kier molecular flexibility index (Phi) is 2.39. The highest BCUT2D eigenvalue weighted by molar-refractivity contribution is 6.30. The van der Waals surface area contributed by atoms with Crippen molar-refractivity contribution in [2.75, 3.05) is 0 Å². The average molecular weight is 224 g/mol. The summed E-state index contributed by atoms with van der Waals surface area (Å²) in [5.41, 5.74) is 0.788. The zero-order valence-electron chi connectivity index (χ0n) is 7.44. The zero-order chi connectivity index (χ0) is 10.8. The molecule has 1 heterocycles. The number of hydrogen-bond donors (Lipinski definition) is 2. The minimum absolute atomic E-state index is 0.114. The van der Waals surface area contributed by atoms with Gasteiger partial charge in [-0.1, -0.05) is 23.7 Å². The fourth-order valence-electron chi connectivity index (χ4n) is 1.22. The predicted octanol–water partition coefficient (Wildman–Crippen LogP) is 1.82. The molecule has 1 aromatic heterocycles. The van der Waals surface area contributed by atoms with Crippen LogP contribution in [0.15, 0.2) is 24.3 Å². The number of aromatic nitrogens is 3. The molecular formula is C9H6ClN3O2. The third-order valence-corrected chi connectivity index (χ3v) is 2.08. The molecule has 0 saturated carbocycles. The van der Waals surface area contributed by atoms with Gasteiger partial charge in [-0.2, -0.15) is 10.3 Å². The smallest absolute Gasteiger partial charge is 0.358 e. The molecule has 0 unspecified atom stereocenters. The van der Waals surface area contributed by atoms with Crippen molar-refractivity contribution in [3.8, 4) is 11.3 Å². The molecule has 0 amide bonds. The molecule has 6 heteroatoms. The summed E-state index contributed by atoms with van der Waals surface area (Å²) in [7, 11) is 0. The number of nitrogens with one attached hydrogen (secondary N) is 1. The lowest BCUT2D eigenvalue weighted by atomic mass is 10.1. The molecular weight excluding hydrogens is 218 g/mol. The van der Waals surface area contributed by atoms with E-state index in [1.54, 1.807) is 24.3 Å². The summed E-state index contributed by atoms with van der Waals surface area (Å²) in [5.74, 6) is -1.13. The number of carboxylic acid groups (broad SMARTS) is 1. The van der Waals surface area contributed by atoms with Crippen LogP contribution in [-0.2, 0) is 0 Å². The summed E-state index contributed by atoms with van der Waals surface area (Å²) >= 11 is 5.79. The maximum Gasteiger partial charge on any atom is 0.358 e. The third-order valence-electron chi connectivity index (χ3n) is 1.85. The van der Waals surface area contributed by atoms with Gasteiger partial charge >= 0.3 is 5.97 Å². The van der Waals surface area contributed by atoms with Crippen molar-refractivity contribution < 1.29 is 9.90 Å². The van der Waals surface area contributed by atoms with Crippen molar-refractivity contribution in [1.82, 2.24) is 15.4 Å². The minimum atomic E-state index is -1.13. The van der Waals surface area contributed by atoms with Crippen molar-refractivity contribution in [1.29, 1.82) is 0 Å². The lowest BCUT2D eigenvalue weighted by molar-refractivity contribution is 0.0691. The van der Waals surface area contributed by atoms with Gasteiger partial charge in [0.2, 0.25) is 0 Å². The van der Waals surface area contributed by atoms with Crippen molar-refractivity contribution in [2.24, 2.45) is 0 Å². The van der Waals surface area contributed by atoms with Crippen LogP contribution < -0.4 is 0 Å². The van der Waals surface area contributed by atoms with Crippen LogP contribution in [0.2, 0.25) is 5.02 Å². The van der Waals surface area contributed by atoms with E-state index in [9.17, 15) is 4.79 Å². The highest BCUT2D eigenvalue weighted by Crippen LogP contribution is 2.22. The Hall–Kier alpha value is -1.88. The highest BCUT2D eigenvalue weighted by Gasteiger charge is 2.16. The molecule has 0 saturated heterocycles. The molecule has 0 radical (unpaired) electrons. The molecule has 5 nitrogen and oxygen atoms in total. The first kappa shape index (κ1) is 9.67. The van der Waals surface area contributed by atoms with Gasteiger partial charge in [0, 0.05) is 10.6 Å². The Labute approximate surface area is 89.7 Å². The van der Waals surface area contributed by atoms with E-state index < -0.39 is 5.97 Å². The Bertz CT molecular complexity index is 510. The molecule has 76 valence electrons. The molecule has 0 spiro atoms. The van der Waals surface area contributed by atoms with Gasteiger partial charge in [0.05, 0.1) is 0 Å². The maximum atomic E-state index is 10.8. The SMILES string of the molecule is O=C(O)c1n[nH]nc1-c1cccc(Cl)c1. The third kappa shape index (κ3) is 1.82. The quantitative estimate of drug-likeness (QED) is 0.814. The van der Waals surface area contributed by atoms with Crippen molar-refractivity contribution in [3.63, 3.8) is 0 Å². The summed E-state index contributed by atoms with van der Waals surface area (Å²) in [6.07, 6.45) is 0. The van der Waals surface area contributed by atoms with Crippen LogP contribution >= 0.6 is 11.6 Å². The van der Waals surface area contributed by atoms with Crippen LogP contribution in [0.4, 0.5) is 0 Å². The van der Waals surface area contributed by atoms with Crippen molar-refractivity contribution in [3.05, 3.63) is 35.0 Å². The minimum Gasteiger partial charge on any atom is -0.476 e. The number of nitrogens with zero attached hydrogens (tertiary/aromatic N) is 2. The van der Waals surface area contributed by atoms with E-state index >= 15 is 0 Å². The molecule has 2 N–H and O–H groups in total. The van der Waals surface area contributed by atoms with E-state index in [4.69, 9.17) is 16.7 Å². The van der Waals surface area contributed by atoms with E-state index in [1.807, 2.05) is 0 Å². The van der Waals surface area contributed by atoms with Gasteiger partial charge in [0.1, 0.15) is 5.69 Å². The number of aromatic amines is 1. The number of carbonyl (C=O) groups is 1. The normalized spacial score (nSPS) is 10.2. The number of H-pyrrole nitrogens is 1. The number of benzene rings is 1. The van der Waals surface area contributed by atoms with Crippen LogP contribution in [0.25, 0.3) is 11.3 Å². The second kappa shape index (κ2) is 3.70. The molecule has 0 aliphatic heterocycles.